The maximum absolute atomic E-state index is 2.21. The van der Waals surface area contributed by atoms with Gasteiger partial charge in [-0.1, -0.05) is 6.92 Å². The Morgan fingerprint density at radius 3 is 3.11 bits per heavy atom. The fourth-order valence-electron chi connectivity index (χ4n) is 0.554. The summed E-state index contributed by atoms with van der Waals surface area (Å²) in [7, 11) is 0. The smallest absolute Gasteiger partial charge is 0.0179 e. The first-order valence-electron chi connectivity index (χ1n) is 3.08. The van der Waals surface area contributed by atoms with Crippen molar-refractivity contribution in [1.29, 1.82) is 0 Å². The highest BCUT2D eigenvalue weighted by Crippen LogP contribution is 2.20. The van der Waals surface area contributed by atoms with E-state index in [0.717, 1.165) is 0 Å². The van der Waals surface area contributed by atoms with Crippen molar-refractivity contribution < 1.29 is 0 Å². The molecule has 0 nitrogen and oxygen atoms in total. The second kappa shape index (κ2) is 3.96. The van der Waals surface area contributed by atoms with Crippen LogP contribution in [0.1, 0.15) is 13.3 Å². The maximum atomic E-state index is 2.21. The Kier molecular flexibility index (Phi) is 3.15. The van der Waals surface area contributed by atoms with Crippen molar-refractivity contribution in [3.05, 3.63) is 16.8 Å². The van der Waals surface area contributed by atoms with Crippen molar-refractivity contribution in [3.8, 4) is 0 Å². The van der Waals surface area contributed by atoms with Crippen LogP contribution in [0.3, 0.4) is 0 Å². The Morgan fingerprint density at radius 2 is 2.56 bits per heavy atom. The Morgan fingerprint density at radius 1 is 1.67 bits per heavy atom. The normalized spacial score (nSPS) is 9.89. The molecule has 0 saturated carbocycles. The number of rotatable bonds is 3. The van der Waals surface area contributed by atoms with E-state index in [0.29, 0.717) is 0 Å². The summed E-state index contributed by atoms with van der Waals surface area (Å²) in [5, 5.41) is 4.32. The summed E-state index contributed by atoms with van der Waals surface area (Å²) >= 11 is 3.71. The van der Waals surface area contributed by atoms with Crippen LogP contribution >= 0.6 is 23.1 Å². The molecular weight excluding hydrogens is 148 g/mol. The van der Waals surface area contributed by atoms with Crippen LogP contribution in [-0.4, -0.2) is 5.75 Å². The fraction of sp³-hybridized carbons (Fsp3) is 0.429. The van der Waals surface area contributed by atoms with Crippen molar-refractivity contribution in [2.45, 2.75) is 18.2 Å². The Bertz CT molecular complexity index is 144. The van der Waals surface area contributed by atoms with Crippen molar-refractivity contribution in [2.75, 3.05) is 5.75 Å². The van der Waals surface area contributed by atoms with Gasteiger partial charge in [0.2, 0.25) is 0 Å². The molecule has 1 aromatic heterocycles. The molecule has 0 unspecified atom stereocenters. The summed E-state index contributed by atoms with van der Waals surface area (Å²) in [6.07, 6.45) is 1.26. The number of hydrogen-bond acceptors (Lipinski definition) is 2. The highest BCUT2D eigenvalue weighted by Gasteiger charge is 1.89. The van der Waals surface area contributed by atoms with Crippen LogP contribution in [0.25, 0.3) is 0 Å². The Labute approximate surface area is 64.3 Å². The summed E-state index contributed by atoms with van der Waals surface area (Å²) in [5.74, 6) is 1.25. The summed E-state index contributed by atoms with van der Waals surface area (Å²) in [6.45, 7) is 2.21. The largest absolute Gasteiger partial charge is 0.151 e. The minimum Gasteiger partial charge on any atom is -0.151 e. The third kappa shape index (κ3) is 2.41. The molecule has 0 aliphatic carbocycles. The third-order valence-corrected chi connectivity index (χ3v) is 3.00. The maximum Gasteiger partial charge on any atom is 0.0179 e. The molecule has 1 aromatic rings. The second-order valence-corrected chi connectivity index (χ2v) is 3.76. The van der Waals surface area contributed by atoms with Crippen LogP contribution in [0.2, 0.25) is 0 Å². The van der Waals surface area contributed by atoms with Gasteiger partial charge >= 0.3 is 0 Å². The Hall–Kier alpha value is 0.0500. The molecule has 0 atom stereocenters. The fourth-order valence-corrected chi connectivity index (χ4v) is 2.20. The minimum absolute atomic E-state index is 1.25. The van der Waals surface area contributed by atoms with Crippen molar-refractivity contribution >= 4 is 23.1 Å². The minimum atomic E-state index is 1.25. The zero-order valence-corrected chi connectivity index (χ0v) is 7.10. The zero-order valence-electron chi connectivity index (χ0n) is 5.46. The molecule has 50 valence electrons. The third-order valence-electron chi connectivity index (χ3n) is 0.968. The first kappa shape index (κ1) is 7.16. The first-order chi connectivity index (χ1) is 4.43. The van der Waals surface area contributed by atoms with Gasteiger partial charge in [-0.05, 0) is 23.6 Å². The van der Waals surface area contributed by atoms with Gasteiger partial charge in [-0.2, -0.15) is 11.3 Å². The van der Waals surface area contributed by atoms with Crippen LogP contribution in [0.5, 0.6) is 0 Å². The van der Waals surface area contributed by atoms with E-state index >= 15 is 0 Å². The molecular formula is C7H10S2. The van der Waals surface area contributed by atoms with Gasteiger partial charge in [-0.15, -0.1) is 11.8 Å². The predicted octanol–water partition coefficient (Wildman–Crippen LogP) is 3.25. The van der Waals surface area contributed by atoms with Crippen molar-refractivity contribution in [2.24, 2.45) is 0 Å². The zero-order chi connectivity index (χ0) is 6.53. The van der Waals surface area contributed by atoms with Crippen molar-refractivity contribution in [3.63, 3.8) is 0 Å². The van der Waals surface area contributed by atoms with E-state index in [1.165, 1.54) is 17.1 Å². The van der Waals surface area contributed by atoms with Gasteiger partial charge in [0, 0.05) is 10.3 Å². The number of thioether (sulfide) groups is 1. The second-order valence-electron chi connectivity index (χ2n) is 1.81. The molecule has 0 saturated heterocycles. The van der Waals surface area contributed by atoms with Gasteiger partial charge in [0.05, 0.1) is 0 Å². The topological polar surface area (TPSA) is 0 Å². The molecule has 2 heteroatoms. The van der Waals surface area contributed by atoms with Gasteiger partial charge in [-0.3, -0.25) is 0 Å². The molecule has 0 amide bonds. The number of thiophene rings is 1. The number of hydrogen-bond donors (Lipinski definition) is 0. The first-order valence-corrected chi connectivity index (χ1v) is 5.01. The lowest BCUT2D eigenvalue weighted by atomic mass is 10.6. The van der Waals surface area contributed by atoms with E-state index in [1.807, 2.05) is 11.8 Å². The molecule has 0 radical (unpaired) electrons. The van der Waals surface area contributed by atoms with E-state index in [9.17, 15) is 0 Å². The Balaban J connectivity index is 2.30. The van der Waals surface area contributed by atoms with E-state index < -0.39 is 0 Å². The monoisotopic (exact) mass is 158 g/mol. The molecule has 1 rings (SSSR count). The average Bonchev–Trinajstić information content (AvgIpc) is 2.34. The molecule has 0 aliphatic rings. The van der Waals surface area contributed by atoms with E-state index in [1.54, 1.807) is 11.3 Å². The van der Waals surface area contributed by atoms with Crippen LogP contribution in [0.15, 0.2) is 21.7 Å². The van der Waals surface area contributed by atoms with Crippen LogP contribution < -0.4 is 0 Å². The SMILES string of the molecule is CCCSc1ccsc1. The van der Waals surface area contributed by atoms with Gasteiger partial charge in [0.25, 0.3) is 0 Å². The van der Waals surface area contributed by atoms with Crippen LogP contribution in [0.4, 0.5) is 0 Å². The lowest BCUT2D eigenvalue weighted by Crippen LogP contribution is -1.69. The van der Waals surface area contributed by atoms with Crippen molar-refractivity contribution in [1.82, 2.24) is 0 Å². The van der Waals surface area contributed by atoms with Gasteiger partial charge in [-0.25, -0.2) is 0 Å². The summed E-state index contributed by atoms with van der Waals surface area (Å²) in [5.41, 5.74) is 0. The molecule has 1 heterocycles. The quantitative estimate of drug-likeness (QED) is 0.608. The summed E-state index contributed by atoms with van der Waals surface area (Å²) in [4.78, 5) is 1.42. The van der Waals surface area contributed by atoms with E-state index in [2.05, 4.69) is 23.8 Å². The van der Waals surface area contributed by atoms with Gasteiger partial charge < -0.3 is 0 Å². The molecule has 0 bridgehead atoms. The molecule has 0 aliphatic heterocycles. The van der Waals surface area contributed by atoms with Crippen LogP contribution in [0, 0.1) is 0 Å². The molecule has 0 N–H and O–H groups in total. The predicted molar refractivity (Wildman–Crippen MR) is 45.3 cm³/mol. The summed E-state index contributed by atoms with van der Waals surface area (Å²) < 4.78 is 0. The molecule has 0 fully saturated rings. The van der Waals surface area contributed by atoms with E-state index in [4.69, 9.17) is 0 Å². The summed E-state index contributed by atoms with van der Waals surface area (Å²) in [6, 6.07) is 2.17. The lowest BCUT2D eigenvalue weighted by Gasteiger charge is -1.90. The highest BCUT2D eigenvalue weighted by molar-refractivity contribution is 7.99. The molecule has 9 heavy (non-hydrogen) atoms. The van der Waals surface area contributed by atoms with Crippen LogP contribution in [-0.2, 0) is 0 Å². The standard InChI is InChI=1S/C7H10S2/c1-2-4-9-7-3-5-8-6-7/h3,5-6H,2,4H2,1H3. The van der Waals surface area contributed by atoms with Gasteiger partial charge in [0.15, 0.2) is 0 Å². The van der Waals surface area contributed by atoms with E-state index in [-0.39, 0.29) is 0 Å². The molecule has 0 spiro atoms. The average molecular weight is 158 g/mol. The highest BCUT2D eigenvalue weighted by atomic mass is 32.2. The van der Waals surface area contributed by atoms with Gasteiger partial charge in [0.1, 0.15) is 0 Å². The molecule has 0 aromatic carbocycles. The lowest BCUT2D eigenvalue weighted by molar-refractivity contribution is 1.11.